The summed E-state index contributed by atoms with van der Waals surface area (Å²) in [6.07, 6.45) is 1.46. The maximum absolute atomic E-state index is 5.04. The normalized spacial score (nSPS) is 10.5. The first-order valence-corrected chi connectivity index (χ1v) is 3.93. The molecule has 0 unspecified atom stereocenters. The van der Waals surface area contributed by atoms with E-state index in [1.54, 1.807) is 7.11 Å². The molecule has 1 rings (SSSR count). The number of hydrogen-bond acceptors (Lipinski definition) is 4. The van der Waals surface area contributed by atoms with E-state index in [-0.39, 0.29) is 0 Å². The summed E-state index contributed by atoms with van der Waals surface area (Å²) in [5, 5.41) is 3.18. The van der Waals surface area contributed by atoms with Gasteiger partial charge in [0.25, 0.3) is 0 Å². The molecule has 0 aliphatic rings. The van der Waals surface area contributed by atoms with Crippen molar-refractivity contribution in [2.75, 3.05) is 20.3 Å². The molecule has 0 spiro atoms. The lowest BCUT2D eigenvalue weighted by Crippen LogP contribution is -2.19. The molecule has 0 saturated carbocycles. The highest BCUT2D eigenvalue weighted by atomic mass is 16.5. The zero-order valence-electron chi connectivity index (χ0n) is 7.46. The van der Waals surface area contributed by atoms with Crippen LogP contribution in [0.4, 0.5) is 0 Å². The maximum atomic E-state index is 5.04. The second-order valence-corrected chi connectivity index (χ2v) is 2.52. The number of oxazole rings is 1. The average molecular weight is 170 g/mol. The lowest BCUT2D eigenvalue weighted by Gasteiger charge is -2.00. The van der Waals surface area contributed by atoms with Gasteiger partial charge < -0.3 is 14.5 Å². The summed E-state index contributed by atoms with van der Waals surface area (Å²) in [6, 6.07) is 0. The molecule has 0 aromatic carbocycles. The second-order valence-electron chi connectivity index (χ2n) is 2.52. The fraction of sp³-hybridized carbons (Fsp3) is 0.625. The molecule has 0 atom stereocenters. The summed E-state index contributed by atoms with van der Waals surface area (Å²) < 4.78 is 9.92. The van der Waals surface area contributed by atoms with Crippen LogP contribution < -0.4 is 5.32 Å². The van der Waals surface area contributed by atoms with E-state index >= 15 is 0 Å². The predicted octanol–water partition coefficient (Wildman–Crippen LogP) is 0.719. The van der Waals surface area contributed by atoms with Crippen molar-refractivity contribution >= 4 is 0 Å². The van der Waals surface area contributed by atoms with Gasteiger partial charge in [-0.15, -0.1) is 0 Å². The molecule has 0 aliphatic heterocycles. The third-order valence-corrected chi connectivity index (χ3v) is 1.62. The minimum absolute atomic E-state index is 0.719. The van der Waals surface area contributed by atoms with Gasteiger partial charge in [-0.3, -0.25) is 0 Å². The van der Waals surface area contributed by atoms with Gasteiger partial charge in [0, 0.05) is 20.2 Å². The lowest BCUT2D eigenvalue weighted by molar-refractivity contribution is 0.199. The monoisotopic (exact) mass is 170 g/mol. The Morgan fingerprint density at radius 2 is 2.50 bits per heavy atom. The number of methoxy groups -OCH3 is 1. The molecular formula is C8H14N2O2. The SMILES string of the molecule is COCCNCc1ncoc1C. The molecule has 1 aromatic heterocycles. The summed E-state index contributed by atoms with van der Waals surface area (Å²) in [6.45, 7) is 4.20. The van der Waals surface area contributed by atoms with E-state index in [1.165, 1.54) is 6.39 Å². The fourth-order valence-corrected chi connectivity index (χ4v) is 0.879. The van der Waals surface area contributed by atoms with Crippen LogP contribution in [0.25, 0.3) is 0 Å². The molecule has 0 amide bonds. The van der Waals surface area contributed by atoms with Crippen LogP contribution >= 0.6 is 0 Å². The Morgan fingerprint density at radius 3 is 3.08 bits per heavy atom. The van der Waals surface area contributed by atoms with Crippen LogP contribution in [0.2, 0.25) is 0 Å². The lowest BCUT2D eigenvalue weighted by atomic mass is 10.3. The molecule has 4 heteroatoms. The molecule has 1 aromatic rings. The van der Waals surface area contributed by atoms with E-state index in [0.717, 1.165) is 31.2 Å². The van der Waals surface area contributed by atoms with Crippen molar-refractivity contribution in [3.63, 3.8) is 0 Å². The third-order valence-electron chi connectivity index (χ3n) is 1.62. The molecule has 4 nitrogen and oxygen atoms in total. The van der Waals surface area contributed by atoms with Gasteiger partial charge in [-0.2, -0.15) is 0 Å². The van der Waals surface area contributed by atoms with E-state index in [0.29, 0.717) is 0 Å². The minimum Gasteiger partial charge on any atom is -0.448 e. The highest BCUT2D eigenvalue weighted by molar-refractivity contribution is 5.03. The Hall–Kier alpha value is -0.870. The first-order chi connectivity index (χ1) is 5.84. The third kappa shape index (κ3) is 2.64. The Labute approximate surface area is 71.9 Å². The zero-order valence-corrected chi connectivity index (χ0v) is 7.46. The van der Waals surface area contributed by atoms with Gasteiger partial charge in [-0.1, -0.05) is 0 Å². The minimum atomic E-state index is 0.719. The standard InChI is InChI=1S/C8H14N2O2/c1-7-8(10-6-12-7)5-9-3-4-11-2/h6,9H,3-5H2,1-2H3. The van der Waals surface area contributed by atoms with Crippen LogP contribution in [-0.4, -0.2) is 25.2 Å². The van der Waals surface area contributed by atoms with E-state index in [9.17, 15) is 0 Å². The molecule has 0 aliphatic carbocycles. The topological polar surface area (TPSA) is 47.3 Å². The fourth-order valence-electron chi connectivity index (χ4n) is 0.879. The molecule has 68 valence electrons. The van der Waals surface area contributed by atoms with Crippen molar-refractivity contribution in [1.82, 2.24) is 10.3 Å². The summed E-state index contributed by atoms with van der Waals surface area (Å²) in [5.41, 5.74) is 0.964. The van der Waals surface area contributed by atoms with Gasteiger partial charge in [-0.25, -0.2) is 4.98 Å². The quantitative estimate of drug-likeness (QED) is 0.661. The highest BCUT2D eigenvalue weighted by Crippen LogP contribution is 2.02. The van der Waals surface area contributed by atoms with Gasteiger partial charge >= 0.3 is 0 Å². The van der Waals surface area contributed by atoms with E-state index in [2.05, 4.69) is 10.3 Å². The largest absolute Gasteiger partial charge is 0.448 e. The first kappa shape index (κ1) is 9.22. The molecule has 0 fully saturated rings. The number of hydrogen-bond donors (Lipinski definition) is 1. The number of nitrogens with one attached hydrogen (secondary N) is 1. The van der Waals surface area contributed by atoms with Gasteiger partial charge in [0.2, 0.25) is 0 Å². The van der Waals surface area contributed by atoms with Crippen LogP contribution in [0.1, 0.15) is 11.5 Å². The molecular weight excluding hydrogens is 156 g/mol. The number of aromatic nitrogens is 1. The summed E-state index contributed by atoms with van der Waals surface area (Å²) in [4.78, 5) is 4.04. The molecule has 0 radical (unpaired) electrons. The Kier molecular flexibility index (Phi) is 3.76. The number of rotatable bonds is 5. The Balaban J connectivity index is 2.20. The van der Waals surface area contributed by atoms with Crippen molar-refractivity contribution in [2.24, 2.45) is 0 Å². The number of aryl methyl sites for hydroxylation is 1. The zero-order chi connectivity index (χ0) is 8.81. The predicted molar refractivity (Wildman–Crippen MR) is 44.8 cm³/mol. The van der Waals surface area contributed by atoms with Crippen LogP contribution in [0.5, 0.6) is 0 Å². The van der Waals surface area contributed by atoms with Crippen LogP contribution in [0, 0.1) is 6.92 Å². The van der Waals surface area contributed by atoms with E-state index in [4.69, 9.17) is 9.15 Å². The maximum Gasteiger partial charge on any atom is 0.181 e. The van der Waals surface area contributed by atoms with E-state index < -0.39 is 0 Å². The Morgan fingerprint density at radius 1 is 1.67 bits per heavy atom. The van der Waals surface area contributed by atoms with Crippen LogP contribution in [0.15, 0.2) is 10.8 Å². The molecule has 1 heterocycles. The highest BCUT2D eigenvalue weighted by Gasteiger charge is 2.00. The van der Waals surface area contributed by atoms with Crippen molar-refractivity contribution in [2.45, 2.75) is 13.5 Å². The van der Waals surface area contributed by atoms with Crippen LogP contribution in [-0.2, 0) is 11.3 Å². The van der Waals surface area contributed by atoms with Gasteiger partial charge in [0.05, 0.1) is 12.3 Å². The second kappa shape index (κ2) is 4.90. The van der Waals surface area contributed by atoms with Gasteiger partial charge in [0.15, 0.2) is 6.39 Å². The van der Waals surface area contributed by atoms with Crippen molar-refractivity contribution in [3.05, 3.63) is 17.8 Å². The smallest absolute Gasteiger partial charge is 0.181 e. The van der Waals surface area contributed by atoms with Crippen molar-refractivity contribution in [3.8, 4) is 0 Å². The van der Waals surface area contributed by atoms with Gasteiger partial charge in [-0.05, 0) is 6.92 Å². The number of ether oxygens (including phenoxy) is 1. The summed E-state index contributed by atoms with van der Waals surface area (Å²) in [5.74, 6) is 0.875. The molecule has 1 N–H and O–H groups in total. The Bertz CT molecular complexity index is 223. The molecule has 12 heavy (non-hydrogen) atoms. The number of nitrogens with zero attached hydrogens (tertiary/aromatic N) is 1. The van der Waals surface area contributed by atoms with Gasteiger partial charge in [0.1, 0.15) is 5.76 Å². The molecule has 0 saturated heterocycles. The summed E-state index contributed by atoms with van der Waals surface area (Å²) in [7, 11) is 1.68. The van der Waals surface area contributed by atoms with E-state index in [1.807, 2.05) is 6.92 Å². The van der Waals surface area contributed by atoms with Crippen LogP contribution in [0.3, 0.4) is 0 Å². The first-order valence-electron chi connectivity index (χ1n) is 3.93. The van der Waals surface area contributed by atoms with Crippen molar-refractivity contribution < 1.29 is 9.15 Å². The summed E-state index contributed by atoms with van der Waals surface area (Å²) >= 11 is 0. The molecule has 0 bridgehead atoms. The average Bonchev–Trinajstić information content (AvgIpc) is 2.46. The van der Waals surface area contributed by atoms with Crippen molar-refractivity contribution in [1.29, 1.82) is 0 Å².